The third kappa shape index (κ3) is 5.51. The number of ether oxygens (including phenoxy) is 2. The Hall–Kier alpha value is -2.36. The number of amidine groups is 1. The summed E-state index contributed by atoms with van der Waals surface area (Å²) in [7, 11) is 1.34. The topological polar surface area (TPSA) is 68.2 Å². The van der Waals surface area contributed by atoms with Gasteiger partial charge in [-0.2, -0.15) is 0 Å². The van der Waals surface area contributed by atoms with Crippen LogP contribution < -0.4 is 4.74 Å². The van der Waals surface area contributed by atoms with Crippen LogP contribution in [0.4, 0.5) is 5.69 Å². The van der Waals surface area contributed by atoms with Crippen LogP contribution in [0.1, 0.15) is 22.8 Å². The maximum absolute atomic E-state index is 12.9. The lowest BCUT2D eigenvalue weighted by Crippen LogP contribution is -2.28. The summed E-state index contributed by atoms with van der Waals surface area (Å²) in [6.45, 7) is 6.43. The largest absolute Gasteiger partial charge is 0.487 e. The van der Waals surface area contributed by atoms with Crippen molar-refractivity contribution in [1.82, 2.24) is 4.90 Å². The van der Waals surface area contributed by atoms with Gasteiger partial charge in [-0.3, -0.25) is 9.69 Å². The molecule has 1 amide bonds. The van der Waals surface area contributed by atoms with Gasteiger partial charge in [0, 0.05) is 6.54 Å². The average Bonchev–Trinajstić information content (AvgIpc) is 3.06. The molecule has 2 aromatic rings. The normalized spacial score (nSPS) is 16.0. The molecule has 1 aliphatic rings. The van der Waals surface area contributed by atoms with E-state index in [0.717, 1.165) is 14.5 Å². The van der Waals surface area contributed by atoms with Crippen LogP contribution in [0.25, 0.3) is 6.08 Å². The summed E-state index contributed by atoms with van der Waals surface area (Å²) in [5.74, 6) is 0.153. The fourth-order valence-electron chi connectivity index (χ4n) is 2.86. The lowest BCUT2D eigenvalue weighted by atomic mass is 10.2. The molecule has 0 N–H and O–H groups in total. The highest BCUT2D eigenvalue weighted by Gasteiger charge is 2.32. The Morgan fingerprint density at radius 3 is 2.44 bits per heavy atom. The molecule has 0 radical (unpaired) electrons. The number of halogens is 2. The Morgan fingerprint density at radius 1 is 1.22 bits per heavy atom. The van der Waals surface area contributed by atoms with Gasteiger partial charge in [0.05, 0.1) is 32.2 Å². The molecule has 0 unspecified atom stereocenters. The van der Waals surface area contributed by atoms with Crippen molar-refractivity contribution in [3.05, 3.63) is 74.0 Å². The van der Waals surface area contributed by atoms with E-state index in [2.05, 4.69) is 43.4 Å². The van der Waals surface area contributed by atoms with Gasteiger partial charge in [-0.15, -0.1) is 0 Å². The van der Waals surface area contributed by atoms with Gasteiger partial charge >= 0.3 is 5.97 Å². The summed E-state index contributed by atoms with van der Waals surface area (Å²) in [5.41, 5.74) is 1.92. The van der Waals surface area contributed by atoms with Gasteiger partial charge in [-0.1, -0.05) is 12.7 Å². The Kier molecular flexibility index (Phi) is 8.33. The van der Waals surface area contributed by atoms with Gasteiger partial charge in [0.15, 0.2) is 5.17 Å². The van der Waals surface area contributed by atoms with Gasteiger partial charge in [-0.05, 0) is 98.6 Å². The molecule has 166 valence electrons. The van der Waals surface area contributed by atoms with E-state index in [9.17, 15) is 9.59 Å². The summed E-state index contributed by atoms with van der Waals surface area (Å²) in [6.07, 6.45) is 3.50. The SMILES string of the molecule is C=CCOc1c(Br)cc(C=C2SC(=Nc3ccc(C(=O)OC)cc3)N(CC)C2=O)cc1Br. The number of aliphatic imine (C=N–C) groups is 1. The van der Waals surface area contributed by atoms with E-state index in [0.29, 0.717) is 40.2 Å². The molecule has 3 rings (SSSR count). The number of hydrogen-bond donors (Lipinski definition) is 0. The van der Waals surface area contributed by atoms with Crippen molar-refractivity contribution in [2.45, 2.75) is 6.92 Å². The minimum absolute atomic E-state index is 0.110. The van der Waals surface area contributed by atoms with Crippen LogP contribution in [-0.2, 0) is 9.53 Å². The summed E-state index contributed by atoms with van der Waals surface area (Å²) in [6, 6.07) is 10.5. The molecule has 1 saturated heterocycles. The van der Waals surface area contributed by atoms with Crippen LogP contribution in [0.15, 0.2) is 67.9 Å². The molecule has 1 aliphatic heterocycles. The first-order chi connectivity index (χ1) is 15.4. The van der Waals surface area contributed by atoms with E-state index in [-0.39, 0.29) is 5.91 Å². The van der Waals surface area contributed by atoms with Gasteiger partial charge in [0.25, 0.3) is 5.91 Å². The molecule has 0 spiro atoms. The molecule has 0 bridgehead atoms. The highest BCUT2D eigenvalue weighted by Crippen LogP contribution is 2.38. The van der Waals surface area contributed by atoms with Crippen molar-refractivity contribution >= 4 is 72.4 Å². The smallest absolute Gasteiger partial charge is 0.337 e. The van der Waals surface area contributed by atoms with Crippen LogP contribution in [0.2, 0.25) is 0 Å². The number of likely N-dealkylation sites (N-methyl/N-ethyl adjacent to an activating group) is 1. The quantitative estimate of drug-likeness (QED) is 0.222. The number of methoxy groups -OCH3 is 1. The number of hydrogen-bond acceptors (Lipinski definition) is 6. The second-order valence-corrected chi connectivity index (χ2v) is 9.22. The molecular formula is C23H20Br2N2O4S. The van der Waals surface area contributed by atoms with Gasteiger partial charge in [0.2, 0.25) is 0 Å². The molecule has 1 fully saturated rings. The van der Waals surface area contributed by atoms with E-state index < -0.39 is 5.97 Å². The number of thioether (sulfide) groups is 1. The first-order valence-electron chi connectivity index (χ1n) is 9.59. The summed E-state index contributed by atoms with van der Waals surface area (Å²) < 4.78 is 11.9. The molecule has 2 aromatic carbocycles. The zero-order chi connectivity index (χ0) is 23.3. The van der Waals surface area contributed by atoms with E-state index in [1.807, 2.05) is 25.1 Å². The predicted octanol–water partition coefficient (Wildman–Crippen LogP) is 6.19. The van der Waals surface area contributed by atoms with Crippen LogP contribution >= 0.6 is 43.6 Å². The highest BCUT2D eigenvalue weighted by atomic mass is 79.9. The van der Waals surface area contributed by atoms with Crippen LogP contribution in [-0.4, -0.2) is 42.2 Å². The van der Waals surface area contributed by atoms with Gasteiger partial charge in [-0.25, -0.2) is 9.79 Å². The summed E-state index contributed by atoms with van der Waals surface area (Å²) in [4.78, 5) is 31.3. The van der Waals surface area contributed by atoms with Gasteiger partial charge < -0.3 is 9.47 Å². The third-order valence-corrected chi connectivity index (χ3v) is 6.57. The number of rotatable bonds is 7. The molecule has 6 nitrogen and oxygen atoms in total. The number of esters is 1. The average molecular weight is 580 g/mol. The fourth-order valence-corrected chi connectivity index (χ4v) is 5.38. The fraction of sp³-hybridized carbons (Fsp3) is 0.174. The predicted molar refractivity (Wildman–Crippen MR) is 135 cm³/mol. The van der Waals surface area contributed by atoms with Crippen LogP contribution in [0.5, 0.6) is 5.75 Å². The molecule has 0 saturated carbocycles. The number of benzene rings is 2. The number of nitrogens with zero attached hydrogens (tertiary/aromatic N) is 2. The van der Waals surface area contributed by atoms with E-state index in [1.54, 1.807) is 35.2 Å². The Balaban J connectivity index is 1.88. The molecule has 0 aromatic heterocycles. The zero-order valence-corrected chi connectivity index (χ0v) is 21.4. The summed E-state index contributed by atoms with van der Waals surface area (Å²) >= 11 is 8.34. The first-order valence-corrected chi connectivity index (χ1v) is 12.0. The Bertz CT molecular complexity index is 1090. The minimum Gasteiger partial charge on any atom is -0.487 e. The standard InChI is InChI=1S/C23H20Br2N2O4S/c1-4-10-31-20-17(24)11-14(12-18(20)25)13-19-21(28)27(5-2)23(32-19)26-16-8-6-15(7-9-16)22(29)30-3/h4,6-9,11-13H,1,5,10H2,2-3H3. The second-order valence-electron chi connectivity index (χ2n) is 6.51. The lowest BCUT2D eigenvalue weighted by molar-refractivity contribution is -0.122. The van der Waals surface area contributed by atoms with Crippen molar-refractivity contribution in [3.8, 4) is 5.75 Å². The van der Waals surface area contributed by atoms with Crippen LogP contribution in [0, 0.1) is 0 Å². The zero-order valence-electron chi connectivity index (χ0n) is 17.4. The van der Waals surface area contributed by atoms with Crippen molar-refractivity contribution in [2.24, 2.45) is 4.99 Å². The second kappa shape index (κ2) is 11.0. The Morgan fingerprint density at radius 2 is 1.88 bits per heavy atom. The minimum atomic E-state index is -0.409. The van der Waals surface area contributed by atoms with Crippen molar-refractivity contribution in [1.29, 1.82) is 0 Å². The van der Waals surface area contributed by atoms with Crippen molar-refractivity contribution < 1.29 is 19.1 Å². The number of amides is 1. The molecule has 0 atom stereocenters. The van der Waals surface area contributed by atoms with E-state index in [4.69, 9.17) is 9.47 Å². The van der Waals surface area contributed by atoms with Crippen molar-refractivity contribution in [3.63, 3.8) is 0 Å². The van der Waals surface area contributed by atoms with E-state index in [1.165, 1.54) is 18.9 Å². The molecule has 9 heteroatoms. The lowest BCUT2D eigenvalue weighted by Gasteiger charge is -2.12. The molecule has 1 heterocycles. The molecular weight excluding hydrogens is 560 g/mol. The Labute approximate surface area is 207 Å². The number of carbonyl (C=O) groups is 2. The van der Waals surface area contributed by atoms with Crippen LogP contribution in [0.3, 0.4) is 0 Å². The van der Waals surface area contributed by atoms with Crippen molar-refractivity contribution in [2.75, 3.05) is 20.3 Å². The van der Waals surface area contributed by atoms with E-state index >= 15 is 0 Å². The molecule has 32 heavy (non-hydrogen) atoms. The molecule has 0 aliphatic carbocycles. The summed E-state index contributed by atoms with van der Waals surface area (Å²) in [5, 5.41) is 0.582. The third-order valence-electron chi connectivity index (χ3n) is 4.38. The maximum atomic E-state index is 12.9. The monoisotopic (exact) mass is 578 g/mol. The first kappa shape index (κ1) is 24.3. The maximum Gasteiger partial charge on any atom is 0.337 e. The van der Waals surface area contributed by atoms with Gasteiger partial charge in [0.1, 0.15) is 12.4 Å². The highest BCUT2D eigenvalue weighted by molar-refractivity contribution is 9.11. The number of carbonyl (C=O) groups excluding carboxylic acids is 2.